The summed E-state index contributed by atoms with van der Waals surface area (Å²) >= 11 is 13.3. The first kappa shape index (κ1) is 26.2. The Morgan fingerprint density at radius 2 is 1.55 bits per heavy atom. The molecule has 0 aromatic heterocycles. The van der Waals surface area contributed by atoms with Gasteiger partial charge in [-0.05, 0) is 24.3 Å². The average molecular weight is 555 g/mol. The molecule has 1 saturated heterocycles. The second-order valence-electron chi connectivity index (χ2n) is 7.16. The van der Waals surface area contributed by atoms with Gasteiger partial charge in [0.25, 0.3) is 15.9 Å². The number of nitro groups is 1. The van der Waals surface area contributed by atoms with E-state index in [1.165, 1.54) is 30.5 Å². The van der Waals surface area contributed by atoms with Crippen LogP contribution in [0.4, 0.5) is 5.69 Å². The van der Waals surface area contributed by atoms with Crippen molar-refractivity contribution in [3.05, 3.63) is 56.6 Å². The van der Waals surface area contributed by atoms with E-state index in [-0.39, 0.29) is 41.7 Å². The average Bonchev–Trinajstić information content (AvgIpc) is 2.76. The van der Waals surface area contributed by atoms with E-state index in [1.807, 2.05) is 0 Å². The summed E-state index contributed by atoms with van der Waals surface area (Å²) in [6.45, 7) is -0.283. The molecule has 180 valence electrons. The number of non-ortho nitro benzene ring substituents is 1. The summed E-state index contributed by atoms with van der Waals surface area (Å²) in [7, 11) is -5.08. The maximum Gasteiger partial charge on any atom is 0.281 e. The summed E-state index contributed by atoms with van der Waals surface area (Å²) in [5.74, 6) is 0. The lowest BCUT2D eigenvalue weighted by molar-refractivity contribution is -0.385. The van der Waals surface area contributed by atoms with Crippen molar-refractivity contribution in [2.75, 3.05) is 40.3 Å². The van der Waals surface area contributed by atoms with Crippen molar-refractivity contribution in [3.8, 4) is 0 Å². The fourth-order valence-electron chi connectivity index (χ4n) is 3.08. The molecule has 0 bridgehead atoms. The molecule has 1 aliphatic heterocycles. The smallest absolute Gasteiger partial charge is 0.258 e. The molecular formula is C18H20Cl2N4O6S3. The fourth-order valence-corrected chi connectivity index (χ4v) is 7.48. The Balaban J connectivity index is 1.97. The molecule has 1 fully saturated rings. The molecule has 0 radical (unpaired) electrons. The van der Waals surface area contributed by atoms with Gasteiger partial charge in [-0.15, -0.1) is 0 Å². The molecule has 0 N–H and O–H groups in total. The number of halogens is 2. The zero-order valence-electron chi connectivity index (χ0n) is 17.5. The molecule has 2 aromatic carbocycles. The van der Waals surface area contributed by atoms with E-state index < -0.39 is 25.2 Å². The van der Waals surface area contributed by atoms with Crippen LogP contribution in [0.25, 0.3) is 0 Å². The molecule has 0 amide bonds. The highest BCUT2D eigenvalue weighted by atomic mass is 35.5. The van der Waals surface area contributed by atoms with E-state index >= 15 is 0 Å². The zero-order valence-corrected chi connectivity index (χ0v) is 21.5. The predicted molar refractivity (Wildman–Crippen MR) is 127 cm³/mol. The molecule has 2 aromatic rings. The van der Waals surface area contributed by atoms with Gasteiger partial charge in [-0.1, -0.05) is 35.0 Å². The number of piperazine rings is 1. The van der Waals surface area contributed by atoms with Gasteiger partial charge in [0.1, 0.15) is 4.90 Å². The topological polar surface area (TPSA) is 121 Å². The van der Waals surface area contributed by atoms with Gasteiger partial charge < -0.3 is 0 Å². The Bertz CT molecular complexity index is 1280. The second-order valence-corrected chi connectivity index (χ2v) is 13.1. The van der Waals surface area contributed by atoms with Crippen molar-refractivity contribution in [2.45, 2.75) is 14.7 Å². The van der Waals surface area contributed by atoms with Crippen LogP contribution in [0, 0.1) is 10.1 Å². The molecule has 0 atom stereocenters. The van der Waals surface area contributed by atoms with Crippen molar-refractivity contribution < 1.29 is 21.8 Å². The van der Waals surface area contributed by atoms with E-state index in [1.54, 1.807) is 18.2 Å². The van der Waals surface area contributed by atoms with Gasteiger partial charge in [0.2, 0.25) is 10.0 Å². The van der Waals surface area contributed by atoms with E-state index in [9.17, 15) is 26.9 Å². The second kappa shape index (κ2) is 10.0. The first-order valence-electron chi connectivity index (χ1n) is 9.43. The first-order chi connectivity index (χ1) is 15.3. The molecule has 3 rings (SSSR count). The number of nitro benzene ring substituents is 1. The van der Waals surface area contributed by atoms with Crippen LogP contribution in [0.15, 0.2) is 51.1 Å². The highest BCUT2D eigenvalue weighted by Gasteiger charge is 2.35. The van der Waals surface area contributed by atoms with E-state index in [0.717, 1.165) is 26.4 Å². The summed E-state index contributed by atoms with van der Waals surface area (Å²) < 4.78 is 55.0. The maximum absolute atomic E-state index is 13.5. The molecule has 10 nitrogen and oxygen atoms in total. The third kappa shape index (κ3) is 5.62. The van der Waals surface area contributed by atoms with Crippen molar-refractivity contribution in [2.24, 2.45) is 0 Å². The Labute approximate surface area is 206 Å². The molecule has 0 saturated carbocycles. The van der Waals surface area contributed by atoms with E-state index in [0.29, 0.717) is 14.9 Å². The largest absolute Gasteiger partial charge is 0.281 e. The Morgan fingerprint density at radius 1 is 0.939 bits per heavy atom. The molecule has 33 heavy (non-hydrogen) atoms. The molecular weight excluding hydrogens is 535 g/mol. The van der Waals surface area contributed by atoms with Gasteiger partial charge in [0.05, 0.1) is 9.95 Å². The minimum absolute atomic E-state index is 0.0444. The van der Waals surface area contributed by atoms with Crippen LogP contribution in [0.3, 0.4) is 0 Å². The fraction of sp³-hybridized carbons (Fsp3) is 0.333. The summed E-state index contributed by atoms with van der Waals surface area (Å²) in [4.78, 5) is 11.1. The Morgan fingerprint density at radius 3 is 2.12 bits per heavy atom. The summed E-state index contributed by atoms with van der Waals surface area (Å²) in [6, 6.07) is 8.27. The molecule has 1 heterocycles. The number of sulfonamides is 1. The Hall–Kier alpha value is -1.45. The van der Waals surface area contributed by atoms with Crippen molar-refractivity contribution in [1.29, 1.82) is 0 Å². The third-order valence-corrected chi connectivity index (χ3v) is 10.7. The summed E-state index contributed by atoms with van der Waals surface area (Å²) in [5.41, 5.74) is -0.385. The lowest BCUT2D eigenvalue weighted by Gasteiger charge is -2.34. The van der Waals surface area contributed by atoms with Crippen LogP contribution in [-0.4, -0.2) is 74.9 Å². The minimum atomic E-state index is -4.18. The van der Waals surface area contributed by atoms with E-state index in [2.05, 4.69) is 0 Å². The number of rotatable bonds is 7. The van der Waals surface area contributed by atoms with Gasteiger partial charge in [-0.2, -0.15) is 21.3 Å². The predicted octanol–water partition coefficient (Wildman–Crippen LogP) is 3.17. The SMILES string of the molecule is CN(C)S(=O)(=O)N1CCN(S(=O)(=O)c2cc([N+](=O)[O-])ccc2Sc2cc(Cl)ccc2Cl)CC1. The van der Waals surface area contributed by atoms with Crippen LogP contribution in [-0.2, 0) is 20.2 Å². The van der Waals surface area contributed by atoms with Crippen LogP contribution in [0.2, 0.25) is 10.0 Å². The molecule has 0 spiro atoms. The number of hydrogen-bond donors (Lipinski definition) is 0. The van der Waals surface area contributed by atoms with Gasteiger partial charge in [-0.25, -0.2) is 8.42 Å². The van der Waals surface area contributed by atoms with Crippen LogP contribution >= 0.6 is 35.0 Å². The van der Waals surface area contributed by atoms with Gasteiger partial charge in [-0.3, -0.25) is 10.1 Å². The Kier molecular flexibility index (Phi) is 7.96. The number of hydrogen-bond acceptors (Lipinski definition) is 7. The summed E-state index contributed by atoms with van der Waals surface area (Å²) in [5, 5.41) is 12.1. The molecule has 15 heteroatoms. The van der Waals surface area contributed by atoms with Gasteiger partial charge in [0.15, 0.2) is 0 Å². The molecule has 0 unspecified atom stereocenters. The quantitative estimate of drug-likeness (QED) is 0.380. The monoisotopic (exact) mass is 554 g/mol. The van der Waals surface area contributed by atoms with Gasteiger partial charge in [0, 0.05) is 67.2 Å². The van der Waals surface area contributed by atoms with Crippen LogP contribution < -0.4 is 0 Å². The number of nitrogens with zero attached hydrogens (tertiary/aromatic N) is 4. The summed E-state index contributed by atoms with van der Waals surface area (Å²) in [6.07, 6.45) is 0. The van der Waals surface area contributed by atoms with Crippen molar-refractivity contribution in [1.82, 2.24) is 12.9 Å². The van der Waals surface area contributed by atoms with Crippen molar-refractivity contribution >= 4 is 60.9 Å². The standard InChI is InChI=1S/C18H20Cl2N4O6S3/c1-21(2)33(29,30)23-9-7-22(8-10-23)32(27,28)18-12-14(24(25)26)4-6-16(18)31-17-11-13(19)3-5-15(17)20/h3-6,11-12H,7-10H2,1-2H3. The maximum atomic E-state index is 13.5. The minimum Gasteiger partial charge on any atom is -0.258 e. The molecule has 1 aliphatic rings. The first-order valence-corrected chi connectivity index (χ1v) is 13.8. The van der Waals surface area contributed by atoms with Crippen LogP contribution in [0.1, 0.15) is 0 Å². The normalized spacial score (nSPS) is 16.3. The lowest BCUT2D eigenvalue weighted by atomic mass is 10.3. The highest BCUT2D eigenvalue weighted by Crippen LogP contribution is 2.40. The van der Waals surface area contributed by atoms with Crippen LogP contribution in [0.5, 0.6) is 0 Å². The van der Waals surface area contributed by atoms with E-state index in [4.69, 9.17) is 23.2 Å². The highest BCUT2D eigenvalue weighted by molar-refractivity contribution is 8.00. The zero-order chi connectivity index (χ0) is 24.6. The van der Waals surface area contributed by atoms with Gasteiger partial charge >= 0.3 is 0 Å². The third-order valence-electron chi connectivity index (χ3n) is 4.85. The lowest BCUT2D eigenvalue weighted by Crippen LogP contribution is -2.52. The number of benzene rings is 2. The van der Waals surface area contributed by atoms with Crippen molar-refractivity contribution in [3.63, 3.8) is 0 Å². The molecule has 0 aliphatic carbocycles.